The van der Waals surface area contributed by atoms with Gasteiger partial charge in [0.25, 0.3) is 0 Å². The van der Waals surface area contributed by atoms with Crippen molar-refractivity contribution in [2.45, 2.75) is 40.8 Å². The van der Waals surface area contributed by atoms with Gasteiger partial charge in [-0.3, -0.25) is 0 Å². The first kappa shape index (κ1) is 25.1. The molecule has 8 aromatic rings. The average Bonchev–Trinajstić information content (AvgIpc) is 3.56. The average molecular weight is 823 g/mol. The number of hydrogen-bond donors (Lipinski definition) is 0. The molecule has 0 aliphatic rings. The summed E-state index contributed by atoms with van der Waals surface area (Å²) >= 11 is 0. The Morgan fingerprint density at radius 2 is 1.49 bits per heavy atom. The van der Waals surface area contributed by atoms with Crippen molar-refractivity contribution in [1.82, 2.24) is 9.97 Å². The second-order valence-corrected chi connectivity index (χ2v) is 12.7. The molecule has 1 radical (unpaired) electrons. The number of fused-ring (bicyclic) bond motifs is 5. The Bertz CT molecular complexity index is 2610. The van der Waals surface area contributed by atoms with Crippen LogP contribution in [-0.4, -0.2) is 9.97 Å². The molecule has 0 atom stereocenters. The Labute approximate surface area is 313 Å². The molecule has 0 unspecified atom stereocenters. The monoisotopic (exact) mass is 823 g/mol. The Morgan fingerprint density at radius 3 is 2.22 bits per heavy atom. The summed E-state index contributed by atoms with van der Waals surface area (Å²) in [7, 11) is 0. The molecule has 4 heteroatoms. The smallest absolute Gasteiger partial charge is 0.128 e. The molecular weight excluding hydrogens is 777 g/mol. The number of aryl methyl sites for hydroxylation is 2. The molecule has 0 aliphatic heterocycles. The summed E-state index contributed by atoms with van der Waals surface area (Å²) in [5, 5.41) is 4.39. The van der Waals surface area contributed by atoms with Crippen molar-refractivity contribution in [2.24, 2.45) is 5.41 Å². The second-order valence-electron chi connectivity index (χ2n) is 12.7. The number of aromatic nitrogens is 2. The molecule has 0 saturated carbocycles. The van der Waals surface area contributed by atoms with Crippen LogP contribution in [0.15, 0.2) is 132 Å². The van der Waals surface area contributed by atoms with Gasteiger partial charge in [-0.1, -0.05) is 112 Å². The van der Waals surface area contributed by atoms with Gasteiger partial charge in [0.2, 0.25) is 0 Å². The third-order valence-corrected chi connectivity index (χ3v) is 7.92. The van der Waals surface area contributed by atoms with Gasteiger partial charge >= 0.3 is 0 Å². The number of pyridine rings is 2. The van der Waals surface area contributed by atoms with E-state index in [-0.39, 0.29) is 31.2 Å². The molecule has 0 amide bonds. The van der Waals surface area contributed by atoms with Crippen molar-refractivity contribution in [3.05, 3.63) is 156 Å². The second kappa shape index (κ2) is 14.3. The Hall–Kier alpha value is -4.89. The maximum atomic E-state index is 8.54. The zero-order chi connectivity index (χ0) is 40.0. The van der Waals surface area contributed by atoms with Crippen LogP contribution in [0.3, 0.4) is 0 Å². The van der Waals surface area contributed by atoms with Crippen LogP contribution in [0.1, 0.15) is 48.4 Å². The molecule has 8 rings (SSSR count). The van der Waals surface area contributed by atoms with E-state index in [1.807, 2.05) is 75.5 Å². The van der Waals surface area contributed by atoms with E-state index in [0.717, 1.165) is 55.1 Å². The van der Waals surface area contributed by atoms with Crippen LogP contribution >= 0.6 is 0 Å². The zero-order valence-corrected chi connectivity index (χ0v) is 29.7. The van der Waals surface area contributed by atoms with Gasteiger partial charge in [0.05, 0.1) is 5.58 Å². The van der Waals surface area contributed by atoms with Gasteiger partial charge < -0.3 is 14.4 Å². The standard InChI is InChI=1S/C32H26NO.C13H12N.Ir/c1-32(2,3)20-21-8-10-22(11-9-21)24-16-17-33-29(19-24)25-13-15-30-28(18-25)27-14-12-23-6-4-5-7-26(23)31(27)34-30;1-10-3-6-12(7-4-10)13-8-5-11(2)9-14-13;/h4-12,14-19H,20H2,1-3H3;3-6,8-9H,1-2H3;/q2*-1;/i20D2;1D3,2D3;. The first-order chi connectivity index (χ1) is 26.4. The molecule has 0 bridgehead atoms. The fraction of sp³-hybridized carbons (Fsp3) is 0.156. The van der Waals surface area contributed by atoms with Crippen molar-refractivity contribution < 1.29 is 35.5 Å². The van der Waals surface area contributed by atoms with E-state index in [4.69, 9.17) is 15.4 Å². The van der Waals surface area contributed by atoms with Crippen LogP contribution in [0.4, 0.5) is 0 Å². The van der Waals surface area contributed by atoms with Crippen LogP contribution < -0.4 is 0 Å². The maximum Gasteiger partial charge on any atom is 0.128 e. The van der Waals surface area contributed by atoms with Gasteiger partial charge in [-0.2, -0.15) is 0 Å². The minimum Gasteiger partial charge on any atom is -0.500 e. The topological polar surface area (TPSA) is 38.9 Å². The maximum absolute atomic E-state index is 8.54. The molecule has 3 nitrogen and oxygen atoms in total. The first-order valence-electron chi connectivity index (χ1n) is 19.7. The molecule has 0 fully saturated rings. The van der Waals surface area contributed by atoms with Gasteiger partial charge in [-0.25, -0.2) is 0 Å². The van der Waals surface area contributed by atoms with E-state index in [9.17, 15) is 0 Å². The molecule has 5 aromatic carbocycles. The fourth-order valence-electron chi connectivity index (χ4n) is 5.67. The van der Waals surface area contributed by atoms with Crippen LogP contribution in [0.25, 0.3) is 66.4 Å². The van der Waals surface area contributed by atoms with E-state index in [1.165, 1.54) is 24.4 Å². The minimum absolute atomic E-state index is 0. The number of hydrogen-bond acceptors (Lipinski definition) is 3. The molecule has 0 spiro atoms. The third-order valence-electron chi connectivity index (χ3n) is 7.92. The Kier molecular flexibility index (Phi) is 7.34. The van der Waals surface area contributed by atoms with Crippen LogP contribution in [0.5, 0.6) is 0 Å². The molecular formula is C45H38IrN2O-2. The van der Waals surface area contributed by atoms with Crippen molar-refractivity contribution in [1.29, 1.82) is 0 Å². The number of rotatable bonds is 4. The van der Waals surface area contributed by atoms with E-state index >= 15 is 0 Å². The fourth-order valence-corrected chi connectivity index (χ4v) is 5.67. The van der Waals surface area contributed by atoms with Crippen molar-refractivity contribution >= 4 is 32.7 Å². The largest absolute Gasteiger partial charge is 0.500 e. The molecule has 3 aromatic heterocycles. The summed E-state index contributed by atoms with van der Waals surface area (Å²) in [6.45, 7) is 1.44. The van der Waals surface area contributed by atoms with E-state index < -0.39 is 25.5 Å². The van der Waals surface area contributed by atoms with Crippen LogP contribution in [0.2, 0.25) is 0 Å². The van der Waals surface area contributed by atoms with Gasteiger partial charge in [0, 0.05) is 54.2 Å². The Balaban J connectivity index is 0.000000223. The van der Waals surface area contributed by atoms with Gasteiger partial charge in [-0.05, 0) is 63.7 Å². The number of nitrogens with zero attached hydrogens (tertiary/aromatic N) is 2. The summed E-state index contributed by atoms with van der Waals surface area (Å²) in [5.41, 5.74) is 7.23. The van der Waals surface area contributed by atoms with E-state index in [1.54, 1.807) is 12.1 Å². The van der Waals surface area contributed by atoms with Gasteiger partial charge in [-0.15, -0.1) is 59.2 Å². The molecule has 49 heavy (non-hydrogen) atoms. The number of benzene rings is 5. The van der Waals surface area contributed by atoms with Crippen molar-refractivity contribution in [2.75, 3.05) is 0 Å². The summed E-state index contributed by atoms with van der Waals surface area (Å²) in [4.78, 5) is 8.70. The van der Waals surface area contributed by atoms with Crippen LogP contribution in [-0.2, 0) is 26.5 Å². The van der Waals surface area contributed by atoms with Crippen LogP contribution in [0, 0.1) is 31.3 Å². The van der Waals surface area contributed by atoms with E-state index in [2.05, 4.69) is 58.5 Å². The summed E-state index contributed by atoms with van der Waals surface area (Å²) in [6, 6.07) is 42.1. The molecule has 0 saturated heterocycles. The number of furan rings is 1. The predicted octanol–water partition coefficient (Wildman–Crippen LogP) is 12.0. The SMILES string of the molecule is [2H]C([2H])([2H])c1c[c-]c(-c2ccc(C([2H])([2H])[2H])cn2)cc1.[2H]C([2H])(c1ccc(-c2ccnc(-c3[c-]cc4oc5c6ccccc6ccc5c4c3)c2)cc1)C(C)(C)C.[Ir]. The van der Waals surface area contributed by atoms with Crippen molar-refractivity contribution in [3.63, 3.8) is 0 Å². The molecule has 0 aliphatic carbocycles. The Morgan fingerprint density at radius 1 is 0.694 bits per heavy atom. The summed E-state index contributed by atoms with van der Waals surface area (Å²) < 4.78 is 67.0. The third kappa shape index (κ3) is 7.73. The molecule has 3 heterocycles. The molecule has 245 valence electrons. The summed E-state index contributed by atoms with van der Waals surface area (Å²) in [6.07, 6.45) is 1.69. The summed E-state index contributed by atoms with van der Waals surface area (Å²) in [5.74, 6) is 0. The minimum atomic E-state index is -2.18. The van der Waals surface area contributed by atoms with Crippen molar-refractivity contribution in [3.8, 4) is 33.6 Å². The first-order valence-corrected chi connectivity index (χ1v) is 15.7. The predicted molar refractivity (Wildman–Crippen MR) is 200 cm³/mol. The molecule has 0 N–H and O–H groups in total. The van der Waals surface area contributed by atoms with Gasteiger partial charge in [0.15, 0.2) is 0 Å². The quantitative estimate of drug-likeness (QED) is 0.166. The zero-order valence-electron chi connectivity index (χ0n) is 35.3. The van der Waals surface area contributed by atoms with Gasteiger partial charge in [0.1, 0.15) is 5.58 Å². The normalized spacial score (nSPS) is 14.5. The van der Waals surface area contributed by atoms with E-state index in [0.29, 0.717) is 16.8 Å².